The van der Waals surface area contributed by atoms with Crippen molar-refractivity contribution in [3.05, 3.63) is 58.2 Å². The van der Waals surface area contributed by atoms with Gasteiger partial charge in [-0.15, -0.1) is 0 Å². The molecule has 5 heteroatoms. The minimum atomic E-state index is -0.967. The summed E-state index contributed by atoms with van der Waals surface area (Å²) in [5.41, 5.74) is 1.30. The lowest BCUT2D eigenvalue weighted by atomic mass is 10.2. The molecule has 0 saturated carbocycles. The van der Waals surface area contributed by atoms with Crippen molar-refractivity contribution < 1.29 is 9.90 Å². The zero-order chi connectivity index (χ0) is 13.8. The minimum Gasteiger partial charge on any atom is -0.478 e. The Kier molecular flexibility index (Phi) is 4.16. The van der Waals surface area contributed by atoms with Gasteiger partial charge in [-0.1, -0.05) is 28.1 Å². The van der Waals surface area contributed by atoms with Crippen molar-refractivity contribution >= 4 is 27.7 Å². The van der Waals surface area contributed by atoms with Crippen LogP contribution in [0.25, 0.3) is 0 Å². The Morgan fingerprint density at radius 1 is 1.32 bits per heavy atom. The molecule has 0 saturated heterocycles. The molecule has 1 N–H and O–H groups in total. The van der Waals surface area contributed by atoms with Crippen molar-refractivity contribution in [2.45, 2.75) is 6.54 Å². The standard InChI is InChI=1S/C14H13BrN2O2/c1-17(9-10-4-6-11(15)7-5-10)13-12(14(18)19)3-2-8-16-13/h2-8H,9H2,1H3,(H,18,19). The fourth-order valence-electron chi connectivity index (χ4n) is 1.81. The first-order valence-electron chi connectivity index (χ1n) is 5.72. The first-order chi connectivity index (χ1) is 9.08. The van der Waals surface area contributed by atoms with Crippen molar-refractivity contribution in [1.29, 1.82) is 0 Å². The summed E-state index contributed by atoms with van der Waals surface area (Å²) in [6, 6.07) is 11.1. The zero-order valence-electron chi connectivity index (χ0n) is 10.4. The predicted octanol–water partition coefficient (Wildman–Crippen LogP) is 3.18. The van der Waals surface area contributed by atoms with Gasteiger partial charge in [0.25, 0.3) is 0 Å². The number of pyridine rings is 1. The quantitative estimate of drug-likeness (QED) is 0.940. The van der Waals surface area contributed by atoms with E-state index < -0.39 is 5.97 Å². The van der Waals surface area contributed by atoms with E-state index in [0.29, 0.717) is 12.4 Å². The average Bonchev–Trinajstić information content (AvgIpc) is 2.41. The summed E-state index contributed by atoms with van der Waals surface area (Å²) in [7, 11) is 1.83. The molecular weight excluding hydrogens is 308 g/mol. The minimum absolute atomic E-state index is 0.210. The number of carboxylic acids is 1. The normalized spacial score (nSPS) is 10.2. The van der Waals surface area contributed by atoms with E-state index in [2.05, 4.69) is 20.9 Å². The molecule has 1 aromatic heterocycles. The molecule has 1 heterocycles. The lowest BCUT2D eigenvalue weighted by Gasteiger charge is -2.19. The van der Waals surface area contributed by atoms with Gasteiger partial charge in [0, 0.05) is 24.3 Å². The van der Waals surface area contributed by atoms with E-state index in [1.54, 1.807) is 18.3 Å². The van der Waals surface area contributed by atoms with Crippen LogP contribution in [-0.2, 0) is 6.54 Å². The Balaban J connectivity index is 2.22. The van der Waals surface area contributed by atoms with Crippen molar-refractivity contribution in [2.75, 3.05) is 11.9 Å². The number of aromatic carboxylic acids is 1. The van der Waals surface area contributed by atoms with Crippen LogP contribution in [0.1, 0.15) is 15.9 Å². The number of carboxylic acid groups (broad SMARTS) is 1. The van der Waals surface area contributed by atoms with Gasteiger partial charge in [0.15, 0.2) is 0 Å². The fourth-order valence-corrected chi connectivity index (χ4v) is 2.07. The Morgan fingerprint density at radius 2 is 2.00 bits per heavy atom. The summed E-state index contributed by atoms with van der Waals surface area (Å²) in [6.07, 6.45) is 1.60. The highest BCUT2D eigenvalue weighted by atomic mass is 79.9. The second-order valence-corrected chi connectivity index (χ2v) is 5.08. The van der Waals surface area contributed by atoms with Gasteiger partial charge in [-0.05, 0) is 29.8 Å². The number of hydrogen-bond acceptors (Lipinski definition) is 3. The largest absolute Gasteiger partial charge is 0.478 e. The van der Waals surface area contributed by atoms with Crippen molar-refractivity contribution in [3.8, 4) is 0 Å². The predicted molar refractivity (Wildman–Crippen MR) is 77.4 cm³/mol. The van der Waals surface area contributed by atoms with Crippen LogP contribution in [0.3, 0.4) is 0 Å². The molecule has 4 nitrogen and oxygen atoms in total. The fraction of sp³-hybridized carbons (Fsp3) is 0.143. The number of carbonyl (C=O) groups is 1. The number of hydrogen-bond donors (Lipinski definition) is 1. The Labute approximate surface area is 119 Å². The Bertz CT molecular complexity index is 584. The Hall–Kier alpha value is -1.88. The third-order valence-electron chi connectivity index (χ3n) is 2.71. The van der Waals surface area contributed by atoms with E-state index in [1.807, 2.05) is 36.2 Å². The van der Waals surface area contributed by atoms with Gasteiger partial charge in [0.05, 0.1) is 0 Å². The van der Waals surface area contributed by atoms with Crippen LogP contribution in [0.15, 0.2) is 47.1 Å². The molecule has 0 amide bonds. The second kappa shape index (κ2) is 5.84. The third-order valence-corrected chi connectivity index (χ3v) is 3.24. The van der Waals surface area contributed by atoms with Gasteiger partial charge >= 0.3 is 5.97 Å². The highest BCUT2D eigenvalue weighted by Gasteiger charge is 2.14. The highest BCUT2D eigenvalue weighted by Crippen LogP contribution is 2.19. The van der Waals surface area contributed by atoms with Gasteiger partial charge in [-0.2, -0.15) is 0 Å². The monoisotopic (exact) mass is 320 g/mol. The van der Waals surface area contributed by atoms with Crippen LogP contribution in [-0.4, -0.2) is 23.1 Å². The van der Waals surface area contributed by atoms with Crippen LogP contribution < -0.4 is 4.90 Å². The first-order valence-corrected chi connectivity index (χ1v) is 6.51. The van der Waals surface area contributed by atoms with E-state index in [9.17, 15) is 4.79 Å². The van der Waals surface area contributed by atoms with Crippen molar-refractivity contribution in [1.82, 2.24) is 4.98 Å². The van der Waals surface area contributed by atoms with Gasteiger partial charge in [0.1, 0.15) is 11.4 Å². The molecular formula is C14H13BrN2O2. The van der Waals surface area contributed by atoms with Gasteiger partial charge in [0.2, 0.25) is 0 Å². The molecule has 0 spiro atoms. The number of aromatic nitrogens is 1. The van der Waals surface area contributed by atoms with Crippen LogP contribution in [0.4, 0.5) is 5.82 Å². The highest BCUT2D eigenvalue weighted by molar-refractivity contribution is 9.10. The summed E-state index contributed by atoms with van der Waals surface area (Å²) in [5.74, 6) is -0.497. The van der Waals surface area contributed by atoms with Crippen molar-refractivity contribution in [2.24, 2.45) is 0 Å². The summed E-state index contributed by atoms with van der Waals surface area (Å²) < 4.78 is 1.02. The van der Waals surface area contributed by atoms with E-state index in [1.165, 1.54) is 0 Å². The van der Waals surface area contributed by atoms with E-state index in [4.69, 9.17) is 5.11 Å². The maximum atomic E-state index is 11.2. The zero-order valence-corrected chi connectivity index (χ0v) is 12.0. The third kappa shape index (κ3) is 3.32. The lowest BCUT2D eigenvalue weighted by molar-refractivity contribution is 0.0697. The molecule has 2 rings (SSSR count). The number of halogens is 1. The van der Waals surface area contributed by atoms with E-state index in [-0.39, 0.29) is 5.56 Å². The molecule has 0 aliphatic heterocycles. The van der Waals surface area contributed by atoms with Crippen LogP contribution in [0.2, 0.25) is 0 Å². The van der Waals surface area contributed by atoms with Crippen LogP contribution in [0, 0.1) is 0 Å². The van der Waals surface area contributed by atoms with Crippen molar-refractivity contribution in [3.63, 3.8) is 0 Å². The maximum Gasteiger partial charge on any atom is 0.339 e. The van der Waals surface area contributed by atoms with E-state index in [0.717, 1.165) is 10.0 Å². The molecule has 0 radical (unpaired) electrons. The second-order valence-electron chi connectivity index (χ2n) is 4.16. The van der Waals surface area contributed by atoms with Crippen LogP contribution in [0.5, 0.6) is 0 Å². The van der Waals surface area contributed by atoms with Gasteiger partial charge in [-0.25, -0.2) is 9.78 Å². The molecule has 0 aliphatic carbocycles. The molecule has 0 bridgehead atoms. The summed E-state index contributed by atoms with van der Waals surface area (Å²) >= 11 is 3.38. The molecule has 2 aromatic rings. The lowest BCUT2D eigenvalue weighted by Crippen LogP contribution is -2.20. The average molecular weight is 321 g/mol. The summed E-state index contributed by atoms with van der Waals surface area (Å²) in [5, 5.41) is 9.14. The number of benzene rings is 1. The number of rotatable bonds is 4. The molecule has 19 heavy (non-hydrogen) atoms. The molecule has 0 unspecified atom stereocenters. The Morgan fingerprint density at radius 3 is 2.63 bits per heavy atom. The number of nitrogens with zero attached hydrogens (tertiary/aromatic N) is 2. The number of anilines is 1. The van der Waals surface area contributed by atoms with Crippen LogP contribution >= 0.6 is 15.9 Å². The molecule has 0 fully saturated rings. The summed E-state index contributed by atoms with van der Waals surface area (Å²) in [6.45, 7) is 0.602. The maximum absolute atomic E-state index is 11.2. The molecule has 1 aromatic carbocycles. The SMILES string of the molecule is CN(Cc1ccc(Br)cc1)c1ncccc1C(=O)O. The molecule has 0 atom stereocenters. The van der Waals surface area contributed by atoms with Gasteiger partial charge in [-0.3, -0.25) is 0 Å². The topological polar surface area (TPSA) is 53.4 Å². The smallest absolute Gasteiger partial charge is 0.339 e. The molecule has 98 valence electrons. The molecule has 0 aliphatic rings. The van der Waals surface area contributed by atoms with Gasteiger partial charge < -0.3 is 10.0 Å². The first kappa shape index (κ1) is 13.5. The summed E-state index contributed by atoms with van der Waals surface area (Å²) in [4.78, 5) is 17.1. The van der Waals surface area contributed by atoms with E-state index >= 15 is 0 Å².